The summed E-state index contributed by atoms with van der Waals surface area (Å²) in [6.45, 7) is 6.31. The molecule has 1 aliphatic heterocycles. The molecule has 1 atom stereocenters. The average molecular weight is 630 g/mol. The van der Waals surface area contributed by atoms with Gasteiger partial charge in [-0.05, 0) is 68.1 Å². The van der Waals surface area contributed by atoms with E-state index < -0.39 is 12.0 Å². The molecule has 0 fully saturated rings. The maximum absolute atomic E-state index is 13.8. The van der Waals surface area contributed by atoms with Gasteiger partial charge in [-0.3, -0.25) is 9.36 Å². The van der Waals surface area contributed by atoms with Crippen LogP contribution in [0.1, 0.15) is 42.8 Å². The van der Waals surface area contributed by atoms with Crippen LogP contribution in [0.25, 0.3) is 6.08 Å². The van der Waals surface area contributed by atoms with Gasteiger partial charge >= 0.3 is 5.97 Å². The van der Waals surface area contributed by atoms with Gasteiger partial charge in [-0.15, -0.1) is 11.3 Å². The minimum absolute atomic E-state index is 0.228. The van der Waals surface area contributed by atoms with E-state index in [-0.39, 0.29) is 18.8 Å². The normalized spacial score (nSPS) is 15.0. The number of carbonyl (C=O) groups excluding carboxylic acids is 1. The molecule has 7 nitrogen and oxygen atoms in total. The van der Waals surface area contributed by atoms with Gasteiger partial charge in [0.05, 0.1) is 29.0 Å². The van der Waals surface area contributed by atoms with Crippen LogP contribution >= 0.6 is 45.9 Å². The first-order valence-electron chi connectivity index (χ1n) is 12.9. The highest BCUT2D eigenvalue weighted by Crippen LogP contribution is 2.34. The van der Waals surface area contributed by atoms with E-state index >= 15 is 0 Å². The molecule has 0 spiro atoms. The number of nitrogens with zero attached hydrogens (tertiary/aromatic N) is 2. The number of ether oxygens (including phenoxy) is 3. The third kappa shape index (κ3) is 6.13. The minimum Gasteiger partial charge on any atom is -0.490 e. The van der Waals surface area contributed by atoms with E-state index in [1.165, 1.54) is 22.7 Å². The van der Waals surface area contributed by atoms with E-state index in [2.05, 4.69) is 4.99 Å². The van der Waals surface area contributed by atoms with E-state index in [9.17, 15) is 9.59 Å². The fourth-order valence-electron chi connectivity index (χ4n) is 4.46. The smallest absolute Gasteiger partial charge is 0.338 e. The second kappa shape index (κ2) is 12.7. The molecule has 2 aromatic carbocycles. The molecule has 0 amide bonds. The maximum atomic E-state index is 13.8. The molecular formula is C30H26Cl2N2O5S2. The predicted octanol–water partition coefficient (Wildman–Crippen LogP) is 6.14. The number of thiazole rings is 1. The Balaban J connectivity index is 1.52. The van der Waals surface area contributed by atoms with Crippen LogP contribution in [0.15, 0.2) is 75.0 Å². The lowest BCUT2D eigenvalue weighted by atomic mass is 10.0. The highest BCUT2D eigenvalue weighted by atomic mass is 35.5. The number of benzene rings is 2. The first kappa shape index (κ1) is 29.1. The molecule has 11 heteroatoms. The van der Waals surface area contributed by atoms with Crippen molar-refractivity contribution in [2.24, 2.45) is 4.99 Å². The van der Waals surface area contributed by atoms with Crippen LogP contribution in [0, 0.1) is 0 Å². The molecule has 1 aliphatic rings. The summed E-state index contributed by atoms with van der Waals surface area (Å²) in [5.41, 5.74) is 2.22. The zero-order chi connectivity index (χ0) is 29.1. The second-order valence-corrected chi connectivity index (χ2v) is 11.8. The summed E-state index contributed by atoms with van der Waals surface area (Å²) in [7, 11) is 0. The molecule has 0 bridgehead atoms. The van der Waals surface area contributed by atoms with Crippen molar-refractivity contribution in [1.29, 1.82) is 0 Å². The lowest BCUT2D eigenvalue weighted by molar-refractivity contribution is -0.139. The fourth-order valence-corrected chi connectivity index (χ4v) is 6.79. The van der Waals surface area contributed by atoms with Crippen molar-refractivity contribution in [1.82, 2.24) is 4.57 Å². The van der Waals surface area contributed by atoms with E-state index in [4.69, 9.17) is 37.4 Å². The van der Waals surface area contributed by atoms with Crippen molar-refractivity contribution in [3.8, 4) is 11.5 Å². The van der Waals surface area contributed by atoms with Crippen LogP contribution in [0.5, 0.6) is 11.5 Å². The van der Waals surface area contributed by atoms with E-state index in [0.717, 1.165) is 16.0 Å². The Morgan fingerprint density at radius 1 is 1.07 bits per heavy atom. The molecule has 0 N–H and O–H groups in total. The topological polar surface area (TPSA) is 79.1 Å². The number of allylic oxidation sites excluding steroid dienone is 1. The molecule has 41 heavy (non-hydrogen) atoms. The summed E-state index contributed by atoms with van der Waals surface area (Å²) >= 11 is 15.0. The summed E-state index contributed by atoms with van der Waals surface area (Å²) in [6, 6.07) is 13.9. The summed E-state index contributed by atoms with van der Waals surface area (Å²) in [5, 5.41) is 2.99. The molecule has 2 aromatic heterocycles. The Morgan fingerprint density at radius 3 is 2.61 bits per heavy atom. The third-order valence-electron chi connectivity index (χ3n) is 6.29. The molecule has 5 rings (SSSR count). The largest absolute Gasteiger partial charge is 0.490 e. The van der Waals surface area contributed by atoms with Gasteiger partial charge in [-0.1, -0.05) is 52.7 Å². The lowest BCUT2D eigenvalue weighted by Gasteiger charge is -2.23. The molecule has 212 valence electrons. The molecule has 4 aromatic rings. The number of aromatic nitrogens is 1. The molecule has 0 saturated carbocycles. The zero-order valence-corrected chi connectivity index (χ0v) is 25.6. The van der Waals surface area contributed by atoms with Crippen LogP contribution in [0.2, 0.25) is 10.0 Å². The van der Waals surface area contributed by atoms with Crippen molar-refractivity contribution in [2.45, 2.75) is 33.4 Å². The summed E-state index contributed by atoms with van der Waals surface area (Å²) < 4.78 is 19.3. The maximum Gasteiger partial charge on any atom is 0.338 e. The van der Waals surface area contributed by atoms with Crippen molar-refractivity contribution in [2.75, 3.05) is 13.2 Å². The SMILES string of the molecule is CCOC(=O)C1=C(C)N=c2s/c(=C/c3ccc(OCc4ccc(Cl)cc4Cl)c(OCC)c3)c(=O)n2[C@H]1c1cccs1. The highest BCUT2D eigenvalue weighted by Gasteiger charge is 2.33. The summed E-state index contributed by atoms with van der Waals surface area (Å²) in [4.78, 5) is 32.7. The summed E-state index contributed by atoms with van der Waals surface area (Å²) in [5.74, 6) is 0.609. The number of carbonyl (C=O) groups is 1. The Hall–Kier alpha value is -3.37. The van der Waals surface area contributed by atoms with Crippen molar-refractivity contribution >= 4 is 57.9 Å². The zero-order valence-electron chi connectivity index (χ0n) is 22.5. The Labute approximate surface area is 254 Å². The predicted molar refractivity (Wildman–Crippen MR) is 163 cm³/mol. The molecule has 0 saturated heterocycles. The van der Waals surface area contributed by atoms with Crippen LogP contribution in [-0.4, -0.2) is 23.8 Å². The summed E-state index contributed by atoms with van der Waals surface area (Å²) in [6.07, 6.45) is 1.79. The first-order chi connectivity index (χ1) is 19.8. The van der Waals surface area contributed by atoms with Gasteiger partial charge in [0.1, 0.15) is 12.6 Å². The Morgan fingerprint density at radius 2 is 1.90 bits per heavy atom. The monoisotopic (exact) mass is 628 g/mol. The number of esters is 1. The van der Waals surface area contributed by atoms with Gasteiger partial charge in [0.25, 0.3) is 5.56 Å². The van der Waals surface area contributed by atoms with Gasteiger partial charge in [0, 0.05) is 20.5 Å². The van der Waals surface area contributed by atoms with Crippen molar-refractivity contribution < 1.29 is 19.0 Å². The van der Waals surface area contributed by atoms with Crippen molar-refractivity contribution in [3.63, 3.8) is 0 Å². The molecule has 0 aliphatic carbocycles. The number of hydrogen-bond donors (Lipinski definition) is 0. The molecule has 0 unspecified atom stereocenters. The van der Waals surface area contributed by atoms with Crippen LogP contribution in [-0.2, 0) is 16.1 Å². The lowest BCUT2D eigenvalue weighted by Crippen LogP contribution is -2.39. The second-order valence-electron chi connectivity index (χ2n) is 8.98. The van der Waals surface area contributed by atoms with E-state index in [1.54, 1.807) is 42.7 Å². The van der Waals surface area contributed by atoms with Gasteiger partial charge < -0.3 is 14.2 Å². The number of rotatable bonds is 9. The van der Waals surface area contributed by atoms with Gasteiger partial charge in [0.2, 0.25) is 0 Å². The minimum atomic E-state index is -0.609. The highest BCUT2D eigenvalue weighted by molar-refractivity contribution is 7.10. The van der Waals surface area contributed by atoms with Crippen LogP contribution in [0.4, 0.5) is 0 Å². The number of thiophene rings is 1. The van der Waals surface area contributed by atoms with Crippen LogP contribution < -0.4 is 24.4 Å². The van der Waals surface area contributed by atoms with Gasteiger partial charge in [-0.25, -0.2) is 9.79 Å². The van der Waals surface area contributed by atoms with E-state index in [1.807, 2.05) is 42.6 Å². The third-order valence-corrected chi connectivity index (χ3v) is 8.79. The number of halogens is 2. The number of hydrogen-bond acceptors (Lipinski definition) is 8. The molecule has 3 heterocycles. The standard InChI is InChI=1S/C30H26Cl2N2O5S2/c1-4-37-23-13-18(8-11-22(23)39-16-19-9-10-20(31)15-21(19)32)14-25-28(35)34-27(24-7-6-12-40-24)26(29(36)38-5-2)17(3)33-30(34)41-25/h6-15,27H,4-5,16H2,1-3H3/b25-14+/t27-/m0/s1. The molecule has 0 radical (unpaired) electrons. The fraction of sp³-hybridized carbons (Fsp3) is 0.233. The first-order valence-corrected chi connectivity index (χ1v) is 15.3. The Bertz CT molecular complexity index is 1810. The van der Waals surface area contributed by atoms with Crippen LogP contribution in [0.3, 0.4) is 0 Å². The van der Waals surface area contributed by atoms with Crippen molar-refractivity contribution in [3.05, 3.63) is 111 Å². The van der Waals surface area contributed by atoms with E-state index in [0.29, 0.717) is 48.8 Å². The average Bonchev–Trinajstić information content (AvgIpc) is 3.57. The quantitative estimate of drug-likeness (QED) is 0.208. The molecular weight excluding hydrogens is 603 g/mol. The Kier molecular flexibility index (Phi) is 8.99. The van der Waals surface area contributed by atoms with Gasteiger partial charge in [0.15, 0.2) is 16.3 Å². The van der Waals surface area contributed by atoms with Gasteiger partial charge in [-0.2, -0.15) is 0 Å². The number of fused-ring (bicyclic) bond motifs is 1.